The molecule has 1 radical (unpaired) electrons. The third-order valence-electron chi connectivity index (χ3n) is 12.0. The van der Waals surface area contributed by atoms with E-state index in [9.17, 15) is 79.2 Å². The maximum absolute atomic E-state index is 12.7. The first-order valence-corrected chi connectivity index (χ1v) is 19.9. The van der Waals surface area contributed by atoms with Gasteiger partial charge in [-0.15, -0.1) is 11.0 Å². The molecule has 0 aliphatic carbocycles. The van der Waals surface area contributed by atoms with Crippen LogP contribution in [0.4, 0.5) is 0 Å². The minimum Gasteiger partial charge on any atom is -0.664 e. The molecule has 0 unspecified atom stereocenters. The molecule has 343 valence electrons. The van der Waals surface area contributed by atoms with Gasteiger partial charge < -0.3 is 50.8 Å². The van der Waals surface area contributed by atoms with Crippen LogP contribution in [0.15, 0.2) is 18.2 Å². The van der Waals surface area contributed by atoms with Crippen LogP contribution in [0.5, 0.6) is 0 Å². The molecule has 8 N–H and O–H groups in total. The molecule has 0 saturated heterocycles. The molecular weight excluding hydrogens is 887 g/mol. The van der Waals surface area contributed by atoms with E-state index in [-0.39, 0.29) is 115 Å². The van der Waals surface area contributed by atoms with Gasteiger partial charge in [-0.25, -0.2) is 4.98 Å². The van der Waals surface area contributed by atoms with Gasteiger partial charge in [0.25, 0.3) is 0 Å². The molecular formula is C43H46CoN4O16. The van der Waals surface area contributed by atoms with E-state index in [1.54, 1.807) is 6.92 Å². The van der Waals surface area contributed by atoms with Gasteiger partial charge in [-0.2, -0.15) is 11.4 Å². The van der Waals surface area contributed by atoms with Crippen molar-refractivity contribution in [1.29, 1.82) is 0 Å². The van der Waals surface area contributed by atoms with Crippen molar-refractivity contribution in [2.24, 2.45) is 0 Å². The van der Waals surface area contributed by atoms with E-state index in [4.69, 9.17) is 19.9 Å². The number of fused-ring (bicyclic) bond motifs is 8. The van der Waals surface area contributed by atoms with Crippen molar-refractivity contribution in [3.8, 4) is 0 Å². The van der Waals surface area contributed by atoms with E-state index in [0.29, 0.717) is 0 Å². The minimum atomic E-state index is -1.53. The molecule has 3 aliphatic rings. The van der Waals surface area contributed by atoms with Crippen LogP contribution in [-0.4, -0.2) is 98.6 Å². The Labute approximate surface area is 374 Å². The third-order valence-corrected chi connectivity index (χ3v) is 12.0. The summed E-state index contributed by atoms with van der Waals surface area (Å²) in [6.07, 6.45) is -5.51. The van der Waals surface area contributed by atoms with Gasteiger partial charge in [-0.05, 0) is 66.2 Å². The summed E-state index contributed by atoms with van der Waals surface area (Å²) in [5.74, 6) is -12.2. The SMILES string of the molecule is Cc1c2nc(cc3[n-]c(cc4nc(cc5[n-]c1c(CC(=O)O)c5CCC(=O)O)C(CCC(=O)O)=C4CC(=O)O)[C@@H](CCC(=O)O)[C@]3(C)CC(=O)O)[C@@H](CCC(=O)O)[C@]2(C)CC(=O)O.[Co+2]. The van der Waals surface area contributed by atoms with Crippen molar-refractivity contribution in [3.05, 3.63) is 69.1 Å². The van der Waals surface area contributed by atoms with Crippen LogP contribution in [0.3, 0.4) is 0 Å². The number of aromatic nitrogens is 4. The van der Waals surface area contributed by atoms with Crippen molar-refractivity contribution >= 4 is 69.9 Å². The molecule has 8 bridgehead atoms. The number of rotatable bonds is 20. The minimum absolute atomic E-state index is 0. The first-order valence-electron chi connectivity index (χ1n) is 19.9. The number of carboxylic acids is 8. The Kier molecular flexibility index (Phi) is 15.5. The molecule has 0 saturated carbocycles. The molecule has 3 aliphatic heterocycles. The van der Waals surface area contributed by atoms with Crippen LogP contribution < -0.4 is 9.97 Å². The van der Waals surface area contributed by atoms with Gasteiger partial charge in [-0.1, -0.05) is 37.6 Å². The average Bonchev–Trinajstić information content (AvgIpc) is 3.80. The fourth-order valence-electron chi connectivity index (χ4n) is 9.20. The number of nitrogens with zero attached hydrogens (tertiary/aromatic N) is 4. The quantitative estimate of drug-likeness (QED) is 0.0919. The summed E-state index contributed by atoms with van der Waals surface area (Å²) in [5.41, 5.74) is -2.29. The molecule has 21 heteroatoms. The van der Waals surface area contributed by atoms with Crippen molar-refractivity contribution < 1.29 is 96.0 Å². The number of hydrogen-bond donors (Lipinski definition) is 8. The van der Waals surface area contributed by atoms with Crippen LogP contribution >= 0.6 is 0 Å². The predicted octanol–water partition coefficient (Wildman–Crippen LogP) is 4.26. The van der Waals surface area contributed by atoms with Crippen LogP contribution in [-0.2, 0) is 78.8 Å². The van der Waals surface area contributed by atoms with Crippen LogP contribution in [0.25, 0.3) is 22.2 Å². The van der Waals surface area contributed by atoms with Crippen LogP contribution in [0.2, 0.25) is 0 Å². The van der Waals surface area contributed by atoms with Crippen LogP contribution in [0.1, 0.15) is 141 Å². The summed E-state index contributed by atoms with van der Waals surface area (Å²) in [4.78, 5) is 117. The van der Waals surface area contributed by atoms with E-state index < -0.39 is 122 Å². The zero-order valence-electron chi connectivity index (χ0n) is 34.8. The standard InChI is InChI=1S/C43H48N4O16.Co/c1-19-40-23(13-37(58)59)21(5-9-33(50)51)27(46-40)14-26-20(4-8-32(48)49)22(12-36(56)57)28(44-26)15-29-24(6-10-34(52)53)42(2,17-38(60)61)31(45-29)16-30-25(7-11-35(54)55)43(3,18-39(62)63)41(19)47-30;/h14-16,24-25H,4-13,17-18H2,1-3H3,(H10,44,45,46,47,48,49,50,51,52,53,54,55,56,57,58,59,60,61,62,63);/q;+2/p-2/t24-,25-,42+,43+;/m1./s1. The molecule has 64 heavy (non-hydrogen) atoms. The Morgan fingerprint density at radius 2 is 1.11 bits per heavy atom. The van der Waals surface area contributed by atoms with Gasteiger partial charge >= 0.3 is 64.5 Å². The zero-order chi connectivity index (χ0) is 46.7. The second-order valence-electron chi connectivity index (χ2n) is 16.4. The number of aliphatic carboxylic acids is 8. The summed E-state index contributed by atoms with van der Waals surface area (Å²) in [7, 11) is 0. The Hall–Kier alpha value is -6.61. The van der Waals surface area contributed by atoms with Crippen molar-refractivity contribution in [2.45, 2.75) is 120 Å². The number of carboxylic acid groups (broad SMARTS) is 8. The summed E-state index contributed by atoms with van der Waals surface area (Å²) in [6, 6.07) is 4.14. The average molecular weight is 934 g/mol. The Balaban J connectivity index is 0.00000898. The monoisotopic (exact) mass is 933 g/mol. The predicted molar refractivity (Wildman–Crippen MR) is 217 cm³/mol. The maximum atomic E-state index is 12.7. The summed E-state index contributed by atoms with van der Waals surface area (Å²) in [6.45, 7) is 4.59. The second-order valence-corrected chi connectivity index (χ2v) is 16.4. The van der Waals surface area contributed by atoms with E-state index >= 15 is 0 Å². The van der Waals surface area contributed by atoms with Gasteiger partial charge in [0.2, 0.25) is 0 Å². The first-order chi connectivity index (χ1) is 29.4. The van der Waals surface area contributed by atoms with Crippen LogP contribution in [0, 0.1) is 6.92 Å². The first kappa shape index (κ1) is 50.0. The van der Waals surface area contributed by atoms with E-state index in [1.165, 1.54) is 32.0 Å². The number of carbonyl (C=O) groups is 8. The van der Waals surface area contributed by atoms with Gasteiger partial charge in [0.05, 0.1) is 37.1 Å². The topological polar surface area (TPSA) is 352 Å². The smallest absolute Gasteiger partial charge is 0.664 e. The molecule has 2 aromatic heterocycles. The molecule has 20 nitrogen and oxygen atoms in total. The molecule has 0 fully saturated rings. The summed E-state index contributed by atoms with van der Waals surface area (Å²) >= 11 is 0. The van der Waals surface area contributed by atoms with E-state index in [1.807, 2.05) is 0 Å². The Morgan fingerprint density at radius 1 is 0.578 bits per heavy atom. The fourth-order valence-corrected chi connectivity index (χ4v) is 9.20. The van der Waals surface area contributed by atoms with Crippen molar-refractivity contribution in [3.63, 3.8) is 0 Å². The zero-order valence-corrected chi connectivity index (χ0v) is 35.9. The largest absolute Gasteiger partial charge is 2.00 e. The van der Waals surface area contributed by atoms with E-state index in [2.05, 4.69) is 0 Å². The molecule has 0 aromatic carbocycles. The van der Waals surface area contributed by atoms with Gasteiger partial charge in [-0.3, -0.25) is 43.3 Å². The number of hydrogen-bond acceptors (Lipinski definition) is 10. The number of allylic oxidation sites excluding steroid dienone is 1. The molecule has 0 spiro atoms. The van der Waals surface area contributed by atoms with Crippen molar-refractivity contribution in [2.75, 3.05) is 0 Å². The Bertz CT molecular complexity index is 2540. The van der Waals surface area contributed by atoms with Gasteiger partial charge in [0.15, 0.2) is 0 Å². The third kappa shape index (κ3) is 10.8. The molecule has 5 heterocycles. The van der Waals surface area contributed by atoms with Crippen molar-refractivity contribution in [1.82, 2.24) is 19.9 Å². The fraction of sp³-hybridized carbons (Fsp3) is 0.442. The number of aryl methyl sites for hydroxylation is 2. The van der Waals surface area contributed by atoms with Gasteiger partial charge in [0.1, 0.15) is 0 Å². The molecule has 5 rings (SSSR count). The second kappa shape index (κ2) is 19.8. The molecule has 0 amide bonds. The molecule has 2 aromatic rings. The summed E-state index contributed by atoms with van der Waals surface area (Å²) < 4.78 is 0. The Morgan fingerprint density at radius 3 is 1.66 bits per heavy atom. The van der Waals surface area contributed by atoms with E-state index in [0.717, 1.165) is 0 Å². The normalized spacial score (nSPS) is 19.6. The maximum Gasteiger partial charge on any atom is 2.00 e. The van der Waals surface area contributed by atoms with Gasteiger partial charge in [0, 0.05) is 48.4 Å². The molecule has 4 atom stereocenters. The summed E-state index contributed by atoms with van der Waals surface area (Å²) in [5, 5.41) is 80.0.